The zero-order valence-electron chi connectivity index (χ0n) is 11.4. The van der Waals surface area contributed by atoms with Gasteiger partial charge in [-0.3, -0.25) is 0 Å². The third kappa shape index (κ3) is 6.11. The Morgan fingerprint density at radius 1 is 1.25 bits per heavy atom. The fourth-order valence-electron chi connectivity index (χ4n) is 1.70. The van der Waals surface area contributed by atoms with Crippen LogP contribution < -0.4 is 4.72 Å². The topological polar surface area (TPSA) is 46.2 Å². The van der Waals surface area contributed by atoms with Gasteiger partial charge in [0.05, 0.1) is 4.90 Å². The first kappa shape index (κ1) is 17.9. The first-order valence-corrected chi connectivity index (χ1v) is 10.1. The Labute approximate surface area is 132 Å². The van der Waals surface area contributed by atoms with Crippen LogP contribution in [0.2, 0.25) is 0 Å². The number of hydrogen-bond acceptors (Lipinski definition) is 3. The molecule has 0 atom stereocenters. The van der Waals surface area contributed by atoms with Gasteiger partial charge in [0, 0.05) is 11.0 Å². The van der Waals surface area contributed by atoms with Crippen molar-refractivity contribution >= 4 is 37.7 Å². The summed E-state index contributed by atoms with van der Waals surface area (Å²) >= 11 is 4.89. The number of halogens is 2. The minimum atomic E-state index is -3.57. The molecule has 0 spiro atoms. The second kappa shape index (κ2) is 9.02. The zero-order chi connectivity index (χ0) is 15.0. The highest BCUT2D eigenvalue weighted by molar-refractivity contribution is 9.10. The molecule has 0 radical (unpaired) electrons. The van der Waals surface area contributed by atoms with E-state index in [1.54, 1.807) is 0 Å². The second-order valence-electron chi connectivity index (χ2n) is 4.38. The van der Waals surface area contributed by atoms with Crippen LogP contribution in [-0.2, 0) is 10.0 Å². The molecule has 1 rings (SSSR count). The lowest BCUT2D eigenvalue weighted by Gasteiger charge is -2.08. The van der Waals surface area contributed by atoms with Gasteiger partial charge in [-0.25, -0.2) is 17.5 Å². The van der Waals surface area contributed by atoms with Crippen molar-refractivity contribution < 1.29 is 12.8 Å². The minimum absolute atomic E-state index is 0.0706. The van der Waals surface area contributed by atoms with E-state index in [0.717, 1.165) is 43.6 Å². The van der Waals surface area contributed by atoms with E-state index >= 15 is 0 Å². The van der Waals surface area contributed by atoms with Gasteiger partial charge < -0.3 is 0 Å². The molecule has 0 aliphatic heterocycles. The van der Waals surface area contributed by atoms with Gasteiger partial charge in [0.15, 0.2) is 0 Å². The fourth-order valence-corrected chi connectivity index (χ4v) is 4.32. The summed E-state index contributed by atoms with van der Waals surface area (Å²) < 4.78 is 39.8. The molecule has 0 bridgehead atoms. The first-order valence-electron chi connectivity index (χ1n) is 6.41. The van der Waals surface area contributed by atoms with Crippen molar-refractivity contribution in [2.24, 2.45) is 0 Å². The molecule has 0 aromatic heterocycles. The molecule has 3 nitrogen and oxygen atoms in total. The molecule has 0 aliphatic carbocycles. The van der Waals surface area contributed by atoms with Crippen LogP contribution >= 0.6 is 27.7 Å². The van der Waals surface area contributed by atoms with Crippen LogP contribution in [0.4, 0.5) is 4.39 Å². The minimum Gasteiger partial charge on any atom is -0.211 e. The monoisotopic (exact) mass is 383 g/mol. The summed E-state index contributed by atoms with van der Waals surface area (Å²) in [6, 6.07) is 3.55. The highest BCUT2D eigenvalue weighted by Gasteiger charge is 2.17. The molecule has 1 N–H and O–H groups in total. The second-order valence-corrected chi connectivity index (χ2v) is 7.95. The van der Waals surface area contributed by atoms with Crippen molar-refractivity contribution in [1.82, 2.24) is 4.72 Å². The van der Waals surface area contributed by atoms with E-state index in [1.165, 1.54) is 6.07 Å². The average Bonchev–Trinajstić information content (AvgIpc) is 2.37. The van der Waals surface area contributed by atoms with Crippen LogP contribution in [0.3, 0.4) is 0 Å². The summed E-state index contributed by atoms with van der Waals surface area (Å²) in [6.45, 7) is 0.408. The predicted octanol–water partition coefficient (Wildman–Crippen LogP) is 3.79. The van der Waals surface area contributed by atoms with Crippen molar-refractivity contribution in [1.29, 1.82) is 0 Å². The highest BCUT2D eigenvalue weighted by atomic mass is 79.9. The summed E-state index contributed by atoms with van der Waals surface area (Å²) in [6.07, 6.45) is 6.18. The molecule has 114 valence electrons. The highest BCUT2D eigenvalue weighted by Crippen LogP contribution is 2.22. The van der Waals surface area contributed by atoms with Crippen molar-refractivity contribution in [3.8, 4) is 0 Å². The SMILES string of the molecule is CSCCCCCCNS(=O)(=O)c1ccc(F)cc1Br. The Balaban J connectivity index is 2.42. The van der Waals surface area contributed by atoms with E-state index in [-0.39, 0.29) is 9.37 Å². The predicted molar refractivity (Wildman–Crippen MR) is 86.1 cm³/mol. The average molecular weight is 384 g/mol. The lowest BCUT2D eigenvalue weighted by Crippen LogP contribution is -2.25. The van der Waals surface area contributed by atoms with Gasteiger partial charge in [-0.2, -0.15) is 11.8 Å². The van der Waals surface area contributed by atoms with Gasteiger partial charge in [-0.15, -0.1) is 0 Å². The largest absolute Gasteiger partial charge is 0.241 e. The van der Waals surface area contributed by atoms with Crippen LogP contribution in [0.1, 0.15) is 25.7 Å². The lowest BCUT2D eigenvalue weighted by atomic mass is 10.2. The Bertz CT molecular complexity index is 523. The van der Waals surface area contributed by atoms with E-state index in [0.29, 0.717) is 6.54 Å². The van der Waals surface area contributed by atoms with Gasteiger partial charge in [0.2, 0.25) is 10.0 Å². The molecule has 0 amide bonds. The molecule has 0 saturated heterocycles. The first-order chi connectivity index (χ1) is 9.47. The number of benzene rings is 1. The number of sulfonamides is 1. The summed E-state index contributed by atoms with van der Waals surface area (Å²) in [5.74, 6) is 0.679. The van der Waals surface area contributed by atoms with Crippen LogP contribution in [0, 0.1) is 5.82 Å². The third-order valence-electron chi connectivity index (χ3n) is 2.75. The number of unbranched alkanes of at least 4 members (excludes halogenated alkanes) is 3. The van der Waals surface area contributed by atoms with Gasteiger partial charge >= 0.3 is 0 Å². The summed E-state index contributed by atoms with van der Waals surface area (Å²) in [7, 11) is -3.57. The smallest absolute Gasteiger partial charge is 0.211 e. The molecule has 7 heteroatoms. The maximum atomic E-state index is 12.9. The van der Waals surface area contributed by atoms with Crippen LogP contribution in [0.15, 0.2) is 27.6 Å². The van der Waals surface area contributed by atoms with E-state index in [2.05, 4.69) is 26.9 Å². The maximum Gasteiger partial charge on any atom is 0.241 e. The molecule has 1 aromatic carbocycles. The quantitative estimate of drug-likeness (QED) is 0.659. The van der Waals surface area contributed by atoms with Crippen molar-refractivity contribution in [2.75, 3.05) is 18.6 Å². The standard InChI is InChI=1S/C13H19BrFNO2S2/c1-19-9-5-3-2-4-8-16-20(17,18)13-7-6-11(15)10-12(13)14/h6-7,10,16H,2-5,8-9H2,1H3. The van der Waals surface area contributed by atoms with Gasteiger partial charge in [0.25, 0.3) is 0 Å². The lowest BCUT2D eigenvalue weighted by molar-refractivity contribution is 0.572. The maximum absolute atomic E-state index is 12.9. The van der Waals surface area contributed by atoms with Crippen LogP contribution in [0.5, 0.6) is 0 Å². The molecule has 20 heavy (non-hydrogen) atoms. The number of nitrogens with one attached hydrogen (secondary N) is 1. The number of rotatable bonds is 9. The Morgan fingerprint density at radius 2 is 1.95 bits per heavy atom. The number of hydrogen-bond donors (Lipinski definition) is 1. The van der Waals surface area contributed by atoms with Crippen molar-refractivity contribution in [2.45, 2.75) is 30.6 Å². The molecule has 0 heterocycles. The van der Waals surface area contributed by atoms with E-state index in [1.807, 2.05) is 11.8 Å². The molecular weight excluding hydrogens is 365 g/mol. The van der Waals surface area contributed by atoms with Gasteiger partial charge in [-0.05, 0) is 59.0 Å². The Morgan fingerprint density at radius 3 is 2.60 bits per heavy atom. The van der Waals surface area contributed by atoms with Crippen molar-refractivity contribution in [3.05, 3.63) is 28.5 Å². The normalized spacial score (nSPS) is 11.8. The molecule has 0 aliphatic rings. The molecule has 0 unspecified atom stereocenters. The molecule has 0 saturated carbocycles. The van der Waals surface area contributed by atoms with Crippen LogP contribution in [-0.4, -0.2) is 27.0 Å². The summed E-state index contributed by atoms with van der Waals surface area (Å²) in [5, 5.41) is 0. The van der Waals surface area contributed by atoms with Gasteiger partial charge in [-0.1, -0.05) is 12.8 Å². The molecule has 0 fully saturated rings. The number of thioether (sulfide) groups is 1. The molecule has 1 aromatic rings. The van der Waals surface area contributed by atoms with E-state index < -0.39 is 15.8 Å². The fraction of sp³-hybridized carbons (Fsp3) is 0.538. The van der Waals surface area contributed by atoms with E-state index in [9.17, 15) is 12.8 Å². The van der Waals surface area contributed by atoms with Gasteiger partial charge in [0.1, 0.15) is 5.82 Å². The Hall–Kier alpha value is -0.110. The summed E-state index contributed by atoms with van der Waals surface area (Å²) in [5.41, 5.74) is 0. The third-order valence-corrected chi connectivity index (χ3v) is 5.89. The van der Waals surface area contributed by atoms with Crippen LogP contribution in [0.25, 0.3) is 0 Å². The summed E-state index contributed by atoms with van der Waals surface area (Å²) in [4.78, 5) is 0.0706. The molecular formula is C13H19BrFNO2S2. The Kier molecular flexibility index (Phi) is 8.09. The van der Waals surface area contributed by atoms with Crippen molar-refractivity contribution in [3.63, 3.8) is 0 Å². The zero-order valence-corrected chi connectivity index (χ0v) is 14.6. The van der Waals surface area contributed by atoms with E-state index in [4.69, 9.17) is 0 Å².